The monoisotopic (exact) mass is 301 g/mol. The summed E-state index contributed by atoms with van der Waals surface area (Å²) in [5, 5.41) is 0. The molecule has 0 amide bonds. The predicted molar refractivity (Wildman–Crippen MR) is 89.5 cm³/mol. The van der Waals surface area contributed by atoms with Crippen LogP contribution in [0.2, 0.25) is 0 Å². The molecule has 1 aromatic rings. The lowest BCUT2D eigenvalue weighted by atomic mass is 9.87. The van der Waals surface area contributed by atoms with Crippen molar-refractivity contribution in [2.24, 2.45) is 5.92 Å². The molecule has 0 radical (unpaired) electrons. The third-order valence-corrected chi connectivity index (χ3v) is 4.72. The first-order valence-corrected chi connectivity index (χ1v) is 8.44. The van der Waals surface area contributed by atoms with Crippen LogP contribution >= 0.6 is 11.3 Å². The van der Waals surface area contributed by atoms with Gasteiger partial charge in [-0.25, -0.2) is 0 Å². The molecule has 0 N–H and O–H groups in total. The molecule has 1 aliphatic rings. The summed E-state index contributed by atoms with van der Waals surface area (Å²) in [5.74, 6) is 7.35. The topological polar surface area (TPSA) is 20.3 Å². The molecule has 1 fully saturated rings. The minimum Gasteiger partial charge on any atom is -0.383 e. The summed E-state index contributed by atoms with van der Waals surface area (Å²) < 4.78 is 0. The third-order valence-electron chi connectivity index (χ3n) is 3.70. The SMILES string of the molecule is CN(C)C=CC(=O)c1ccc(C#CCC2CCCCC2)s1. The summed E-state index contributed by atoms with van der Waals surface area (Å²) in [6, 6.07) is 3.83. The van der Waals surface area contributed by atoms with E-state index in [1.165, 1.54) is 43.4 Å². The van der Waals surface area contributed by atoms with Crippen molar-refractivity contribution in [3.8, 4) is 11.8 Å². The molecule has 3 heteroatoms. The van der Waals surface area contributed by atoms with Crippen molar-refractivity contribution in [1.29, 1.82) is 0 Å². The van der Waals surface area contributed by atoms with Gasteiger partial charge in [0.25, 0.3) is 0 Å². The summed E-state index contributed by atoms with van der Waals surface area (Å²) in [7, 11) is 3.81. The van der Waals surface area contributed by atoms with Crippen LogP contribution in [0.5, 0.6) is 0 Å². The second-order valence-corrected chi connectivity index (χ2v) is 6.90. The summed E-state index contributed by atoms with van der Waals surface area (Å²) in [6.45, 7) is 0. The maximum absolute atomic E-state index is 11.9. The molecule has 2 nitrogen and oxygen atoms in total. The number of hydrogen-bond acceptors (Lipinski definition) is 3. The Bertz CT molecular complexity index is 553. The molecule has 0 aromatic carbocycles. The minimum absolute atomic E-state index is 0.0500. The van der Waals surface area contributed by atoms with Gasteiger partial charge in [-0.3, -0.25) is 4.79 Å². The van der Waals surface area contributed by atoms with Gasteiger partial charge < -0.3 is 4.90 Å². The molecular formula is C18H23NOS. The van der Waals surface area contributed by atoms with E-state index < -0.39 is 0 Å². The largest absolute Gasteiger partial charge is 0.383 e. The fourth-order valence-electron chi connectivity index (χ4n) is 2.51. The van der Waals surface area contributed by atoms with Crippen LogP contribution in [-0.4, -0.2) is 24.8 Å². The molecule has 0 saturated heterocycles. The summed E-state index contributed by atoms with van der Waals surface area (Å²) in [4.78, 5) is 15.5. The van der Waals surface area contributed by atoms with E-state index in [1.54, 1.807) is 12.3 Å². The lowest BCUT2D eigenvalue weighted by Gasteiger charge is -2.18. The van der Waals surface area contributed by atoms with Gasteiger partial charge in [-0.1, -0.05) is 31.1 Å². The van der Waals surface area contributed by atoms with Crippen LogP contribution in [0.1, 0.15) is 53.1 Å². The van der Waals surface area contributed by atoms with Gasteiger partial charge in [0.1, 0.15) is 0 Å². The molecule has 1 saturated carbocycles. The van der Waals surface area contributed by atoms with E-state index >= 15 is 0 Å². The van der Waals surface area contributed by atoms with Crippen LogP contribution in [0.3, 0.4) is 0 Å². The smallest absolute Gasteiger partial charge is 0.197 e. The lowest BCUT2D eigenvalue weighted by Crippen LogP contribution is -2.04. The van der Waals surface area contributed by atoms with E-state index in [4.69, 9.17) is 0 Å². The second kappa shape index (κ2) is 8.05. The van der Waals surface area contributed by atoms with E-state index in [1.807, 2.05) is 31.1 Å². The number of rotatable bonds is 4. The molecule has 1 aliphatic carbocycles. The van der Waals surface area contributed by atoms with Gasteiger partial charge in [0.15, 0.2) is 5.78 Å². The van der Waals surface area contributed by atoms with Crippen LogP contribution in [0.4, 0.5) is 0 Å². The van der Waals surface area contributed by atoms with E-state index in [0.717, 1.165) is 22.1 Å². The average Bonchev–Trinajstić information content (AvgIpc) is 2.95. The van der Waals surface area contributed by atoms with E-state index in [9.17, 15) is 4.79 Å². The number of hydrogen-bond donors (Lipinski definition) is 0. The highest BCUT2D eigenvalue weighted by Crippen LogP contribution is 2.26. The van der Waals surface area contributed by atoms with Gasteiger partial charge in [0, 0.05) is 32.8 Å². The van der Waals surface area contributed by atoms with Crippen LogP contribution < -0.4 is 0 Å². The maximum Gasteiger partial charge on any atom is 0.197 e. The zero-order valence-corrected chi connectivity index (χ0v) is 13.7. The van der Waals surface area contributed by atoms with Crippen molar-refractivity contribution < 1.29 is 4.79 Å². The van der Waals surface area contributed by atoms with Gasteiger partial charge in [-0.15, -0.1) is 11.3 Å². The van der Waals surface area contributed by atoms with E-state index in [-0.39, 0.29) is 5.78 Å². The Labute approximate surface area is 131 Å². The van der Waals surface area contributed by atoms with Gasteiger partial charge in [-0.2, -0.15) is 0 Å². The van der Waals surface area contributed by atoms with E-state index in [2.05, 4.69) is 11.8 Å². The zero-order chi connectivity index (χ0) is 15.1. The van der Waals surface area contributed by atoms with E-state index in [0.29, 0.717) is 0 Å². The van der Waals surface area contributed by atoms with Gasteiger partial charge in [0.05, 0.1) is 9.75 Å². The van der Waals surface area contributed by atoms with Crippen LogP contribution in [0.15, 0.2) is 24.4 Å². The second-order valence-electron chi connectivity index (χ2n) is 5.82. The highest BCUT2D eigenvalue weighted by molar-refractivity contribution is 7.14. The maximum atomic E-state index is 11.9. The van der Waals surface area contributed by atoms with Crippen molar-refractivity contribution in [1.82, 2.24) is 4.90 Å². The van der Waals surface area contributed by atoms with Crippen molar-refractivity contribution >= 4 is 17.1 Å². The van der Waals surface area contributed by atoms with Crippen molar-refractivity contribution in [3.63, 3.8) is 0 Å². The molecule has 1 aromatic heterocycles. The molecule has 0 atom stereocenters. The first kappa shape index (κ1) is 15.9. The quantitative estimate of drug-likeness (QED) is 0.469. The molecule has 0 bridgehead atoms. The Balaban J connectivity index is 1.89. The highest BCUT2D eigenvalue weighted by atomic mass is 32.1. The zero-order valence-electron chi connectivity index (χ0n) is 12.9. The summed E-state index contributed by atoms with van der Waals surface area (Å²) >= 11 is 1.49. The minimum atomic E-state index is 0.0500. The first-order chi connectivity index (χ1) is 10.1. The fraction of sp³-hybridized carbons (Fsp3) is 0.500. The van der Waals surface area contributed by atoms with Gasteiger partial charge in [0.2, 0.25) is 0 Å². The Morgan fingerprint density at radius 3 is 2.81 bits per heavy atom. The molecule has 112 valence electrons. The molecule has 21 heavy (non-hydrogen) atoms. The van der Waals surface area contributed by atoms with Crippen molar-refractivity contribution in [2.45, 2.75) is 38.5 Å². The molecule has 0 unspecified atom stereocenters. The Hall–Kier alpha value is -1.53. The van der Waals surface area contributed by atoms with Crippen molar-refractivity contribution in [2.75, 3.05) is 14.1 Å². The number of allylic oxidation sites excluding steroid dienone is 1. The average molecular weight is 301 g/mol. The summed E-state index contributed by atoms with van der Waals surface area (Å²) in [6.07, 6.45) is 11.2. The Morgan fingerprint density at radius 2 is 2.10 bits per heavy atom. The van der Waals surface area contributed by atoms with Crippen LogP contribution in [0, 0.1) is 17.8 Å². The highest BCUT2D eigenvalue weighted by Gasteiger charge is 2.11. The van der Waals surface area contributed by atoms with Gasteiger partial charge >= 0.3 is 0 Å². The molecule has 0 aliphatic heterocycles. The molecule has 0 spiro atoms. The molecular weight excluding hydrogens is 278 g/mol. The third kappa shape index (κ3) is 5.40. The standard InChI is InChI=1S/C18H23NOS/c1-19(2)14-13-17(20)18-12-11-16(21-18)10-6-9-15-7-4-3-5-8-15/h11-15H,3-5,7-9H2,1-2H3. The van der Waals surface area contributed by atoms with Crippen molar-refractivity contribution in [3.05, 3.63) is 34.2 Å². The molecule has 1 heterocycles. The first-order valence-electron chi connectivity index (χ1n) is 7.63. The van der Waals surface area contributed by atoms with Gasteiger partial charge in [-0.05, 0) is 30.9 Å². The van der Waals surface area contributed by atoms with Crippen LogP contribution in [-0.2, 0) is 0 Å². The lowest BCUT2D eigenvalue weighted by molar-refractivity contribution is 0.104. The predicted octanol–water partition coefficient (Wildman–Crippen LogP) is 4.33. The summed E-state index contributed by atoms with van der Waals surface area (Å²) in [5.41, 5.74) is 0. The number of nitrogens with zero attached hydrogens (tertiary/aromatic N) is 1. The number of thiophene rings is 1. The Kier molecular flexibility index (Phi) is 6.07. The number of carbonyl (C=O) groups excluding carboxylic acids is 1. The number of ketones is 1. The van der Waals surface area contributed by atoms with Crippen LogP contribution in [0.25, 0.3) is 0 Å². The normalized spacial score (nSPS) is 15.7. The molecule has 2 rings (SSSR count). The number of carbonyl (C=O) groups is 1. The fourth-order valence-corrected chi connectivity index (χ4v) is 3.31. The Morgan fingerprint density at radius 1 is 1.33 bits per heavy atom.